The summed E-state index contributed by atoms with van der Waals surface area (Å²) < 4.78 is 10.2. The summed E-state index contributed by atoms with van der Waals surface area (Å²) in [7, 11) is 2.78. The van der Waals surface area contributed by atoms with Gasteiger partial charge in [-0.1, -0.05) is 0 Å². The lowest BCUT2D eigenvalue weighted by Gasteiger charge is -2.14. The molecule has 0 aliphatic heterocycles. The van der Waals surface area contributed by atoms with Crippen LogP contribution in [0.25, 0.3) is 0 Å². The fourth-order valence-corrected chi connectivity index (χ4v) is 1.51. The summed E-state index contributed by atoms with van der Waals surface area (Å²) in [6, 6.07) is 0. The molecule has 0 saturated carbocycles. The standard InChI is InChI=1S/C9H11BrO4.2C2H4O2/c1-4-5(10)7(12)9(14-3)8(13-2)6(4)11;2*1-2(3)4/h11-12H,1-3H3;2*1H3,(H,3,4). The highest BCUT2D eigenvalue weighted by atomic mass is 79.9. The van der Waals surface area contributed by atoms with Gasteiger partial charge in [-0.2, -0.15) is 0 Å². The molecule has 0 aliphatic carbocycles. The van der Waals surface area contributed by atoms with Gasteiger partial charge in [0.1, 0.15) is 0 Å². The number of hydrogen-bond donors (Lipinski definition) is 4. The Bertz CT molecular complexity index is 473. The Morgan fingerprint density at radius 2 is 1.18 bits per heavy atom. The van der Waals surface area contributed by atoms with E-state index >= 15 is 0 Å². The van der Waals surface area contributed by atoms with Crippen molar-refractivity contribution in [3.8, 4) is 23.0 Å². The predicted molar refractivity (Wildman–Crippen MR) is 81.9 cm³/mol. The van der Waals surface area contributed by atoms with E-state index in [9.17, 15) is 10.2 Å². The smallest absolute Gasteiger partial charge is 0.300 e. The normalized spacial score (nSPS) is 8.64. The number of phenols is 2. The van der Waals surface area contributed by atoms with Crippen LogP contribution in [0, 0.1) is 6.92 Å². The Labute approximate surface area is 136 Å². The molecule has 0 bridgehead atoms. The van der Waals surface area contributed by atoms with Crippen LogP contribution in [0.5, 0.6) is 23.0 Å². The second-order valence-electron chi connectivity index (χ2n) is 3.74. The van der Waals surface area contributed by atoms with Crippen molar-refractivity contribution in [1.82, 2.24) is 0 Å². The van der Waals surface area contributed by atoms with Crippen LogP contribution in [0.2, 0.25) is 0 Å². The molecule has 9 heteroatoms. The molecule has 126 valence electrons. The molecule has 0 radical (unpaired) electrons. The number of carboxylic acids is 2. The minimum Gasteiger partial charge on any atom is -0.504 e. The predicted octanol–water partition coefficient (Wildman–Crippen LogP) is 2.37. The van der Waals surface area contributed by atoms with Gasteiger partial charge in [-0.3, -0.25) is 9.59 Å². The summed E-state index contributed by atoms with van der Waals surface area (Å²) in [5, 5.41) is 34.2. The largest absolute Gasteiger partial charge is 0.504 e. The van der Waals surface area contributed by atoms with Crippen LogP contribution in [0.1, 0.15) is 19.4 Å². The molecular weight excluding hydrogens is 364 g/mol. The Balaban J connectivity index is 0. The van der Waals surface area contributed by atoms with Crippen LogP contribution in [0.15, 0.2) is 4.47 Å². The third kappa shape index (κ3) is 7.58. The fraction of sp³-hybridized carbons (Fsp3) is 0.385. The van der Waals surface area contributed by atoms with Gasteiger partial charge in [0.25, 0.3) is 11.9 Å². The maximum Gasteiger partial charge on any atom is 0.300 e. The van der Waals surface area contributed by atoms with Crippen LogP contribution in [-0.2, 0) is 9.59 Å². The molecule has 0 aromatic heterocycles. The number of phenolic OH excluding ortho intramolecular Hbond substituents is 2. The zero-order valence-corrected chi connectivity index (χ0v) is 14.4. The van der Waals surface area contributed by atoms with Crippen molar-refractivity contribution >= 4 is 27.9 Å². The molecule has 22 heavy (non-hydrogen) atoms. The summed E-state index contributed by atoms with van der Waals surface area (Å²) in [4.78, 5) is 18.0. The fourth-order valence-electron chi connectivity index (χ4n) is 1.15. The second-order valence-corrected chi connectivity index (χ2v) is 4.53. The number of carbonyl (C=O) groups is 2. The molecule has 1 aromatic rings. The van der Waals surface area contributed by atoms with Crippen LogP contribution >= 0.6 is 15.9 Å². The van der Waals surface area contributed by atoms with Crippen molar-refractivity contribution in [1.29, 1.82) is 0 Å². The second kappa shape index (κ2) is 10.6. The molecule has 0 aliphatic rings. The van der Waals surface area contributed by atoms with E-state index in [-0.39, 0.29) is 23.0 Å². The Morgan fingerprint density at radius 1 is 0.909 bits per heavy atom. The monoisotopic (exact) mass is 382 g/mol. The number of aliphatic carboxylic acids is 2. The zero-order valence-electron chi connectivity index (χ0n) is 12.8. The maximum absolute atomic E-state index is 9.67. The molecule has 0 spiro atoms. The van der Waals surface area contributed by atoms with Crippen LogP contribution in [0.3, 0.4) is 0 Å². The Hall–Kier alpha value is -2.16. The molecule has 0 heterocycles. The third-order valence-corrected chi connectivity index (χ3v) is 2.91. The van der Waals surface area contributed by atoms with E-state index in [1.165, 1.54) is 14.2 Å². The summed E-state index contributed by atoms with van der Waals surface area (Å²) in [6.45, 7) is 3.82. The van der Waals surface area contributed by atoms with Crippen molar-refractivity contribution < 1.29 is 39.5 Å². The molecule has 4 N–H and O–H groups in total. The van der Waals surface area contributed by atoms with Crippen molar-refractivity contribution in [3.05, 3.63) is 10.0 Å². The van der Waals surface area contributed by atoms with Crippen molar-refractivity contribution in [3.63, 3.8) is 0 Å². The van der Waals surface area contributed by atoms with Crippen LogP contribution in [0.4, 0.5) is 0 Å². The van der Waals surface area contributed by atoms with Crippen molar-refractivity contribution in [2.24, 2.45) is 0 Å². The number of halogens is 1. The SMILES string of the molecule is CC(=O)O.CC(=O)O.COc1c(O)c(C)c(Br)c(O)c1OC. The highest BCUT2D eigenvalue weighted by Crippen LogP contribution is 2.50. The minimum atomic E-state index is -0.833. The van der Waals surface area contributed by atoms with Gasteiger partial charge in [0, 0.05) is 19.4 Å². The van der Waals surface area contributed by atoms with Gasteiger partial charge < -0.3 is 29.9 Å². The average Bonchev–Trinajstić information content (AvgIpc) is 2.39. The first-order valence-electron chi connectivity index (χ1n) is 5.72. The van der Waals surface area contributed by atoms with Gasteiger partial charge in [-0.15, -0.1) is 0 Å². The highest BCUT2D eigenvalue weighted by molar-refractivity contribution is 9.10. The van der Waals surface area contributed by atoms with Gasteiger partial charge in [-0.25, -0.2) is 0 Å². The zero-order chi connectivity index (χ0) is 18.0. The van der Waals surface area contributed by atoms with E-state index in [0.29, 0.717) is 10.0 Å². The number of rotatable bonds is 2. The van der Waals surface area contributed by atoms with Gasteiger partial charge >= 0.3 is 0 Å². The molecule has 0 fully saturated rings. The topological polar surface area (TPSA) is 134 Å². The lowest BCUT2D eigenvalue weighted by Crippen LogP contribution is -1.94. The van der Waals surface area contributed by atoms with Gasteiger partial charge in [-0.05, 0) is 22.9 Å². The number of benzene rings is 1. The van der Waals surface area contributed by atoms with Gasteiger partial charge in [0.05, 0.1) is 18.7 Å². The molecular formula is C13H19BrO8. The third-order valence-electron chi connectivity index (χ3n) is 1.94. The number of hydrogen-bond acceptors (Lipinski definition) is 6. The minimum absolute atomic E-state index is 0.0472. The number of aromatic hydroxyl groups is 2. The van der Waals surface area contributed by atoms with Gasteiger partial charge in [0.2, 0.25) is 11.5 Å². The molecule has 0 unspecified atom stereocenters. The molecule has 8 nitrogen and oxygen atoms in total. The van der Waals surface area contributed by atoms with E-state index in [4.69, 9.17) is 29.3 Å². The molecule has 0 saturated heterocycles. The van der Waals surface area contributed by atoms with Crippen LogP contribution < -0.4 is 9.47 Å². The first-order chi connectivity index (χ1) is 10.0. The van der Waals surface area contributed by atoms with E-state index in [0.717, 1.165) is 13.8 Å². The average molecular weight is 383 g/mol. The lowest BCUT2D eigenvalue weighted by molar-refractivity contribution is -0.135. The van der Waals surface area contributed by atoms with E-state index in [1.54, 1.807) is 6.92 Å². The summed E-state index contributed by atoms with van der Waals surface area (Å²) in [5.74, 6) is -1.55. The van der Waals surface area contributed by atoms with E-state index < -0.39 is 11.9 Å². The summed E-state index contributed by atoms with van der Waals surface area (Å²) in [6.07, 6.45) is 0. The summed E-state index contributed by atoms with van der Waals surface area (Å²) >= 11 is 3.14. The molecule has 1 rings (SSSR count). The van der Waals surface area contributed by atoms with E-state index in [2.05, 4.69) is 15.9 Å². The Kier molecular flexibility index (Phi) is 10.6. The van der Waals surface area contributed by atoms with E-state index in [1.807, 2.05) is 0 Å². The lowest BCUT2D eigenvalue weighted by atomic mass is 10.2. The van der Waals surface area contributed by atoms with Crippen LogP contribution in [-0.4, -0.2) is 46.6 Å². The Morgan fingerprint density at radius 3 is 1.45 bits per heavy atom. The van der Waals surface area contributed by atoms with Gasteiger partial charge in [0.15, 0.2) is 11.5 Å². The molecule has 1 aromatic carbocycles. The van der Waals surface area contributed by atoms with Crippen molar-refractivity contribution in [2.45, 2.75) is 20.8 Å². The first kappa shape index (κ1) is 22.1. The quantitative estimate of drug-likeness (QED) is 0.572. The molecule has 0 amide bonds. The summed E-state index contributed by atoms with van der Waals surface area (Å²) in [5.41, 5.74) is 0.500. The van der Waals surface area contributed by atoms with Crippen molar-refractivity contribution in [2.75, 3.05) is 14.2 Å². The maximum atomic E-state index is 9.67. The number of ether oxygens (including phenoxy) is 2. The first-order valence-corrected chi connectivity index (χ1v) is 6.51. The molecule has 0 atom stereocenters. The number of methoxy groups -OCH3 is 2. The highest BCUT2D eigenvalue weighted by Gasteiger charge is 2.21. The number of carboxylic acid groups (broad SMARTS) is 2.